The fourth-order valence-electron chi connectivity index (χ4n) is 1.96. The van der Waals surface area contributed by atoms with Crippen molar-refractivity contribution in [2.45, 2.75) is 13.3 Å². The van der Waals surface area contributed by atoms with Gasteiger partial charge in [0, 0.05) is 5.56 Å². The summed E-state index contributed by atoms with van der Waals surface area (Å²) in [4.78, 5) is 7.92. The standard InChI is InChI=1S/C15H17N5O2/c1-3-6-22-12-7-9(4-5-11(12)21-2)13-10(8-16)14(17)20-15(18)19-13/h4-5,7H,3,6H2,1-2H3,(H4,17,18,19,20). The molecule has 0 amide bonds. The number of hydrogen-bond donors (Lipinski definition) is 2. The molecule has 2 rings (SSSR count). The molecule has 114 valence electrons. The van der Waals surface area contributed by atoms with E-state index in [1.165, 1.54) is 0 Å². The third-order valence-corrected chi connectivity index (χ3v) is 2.96. The summed E-state index contributed by atoms with van der Waals surface area (Å²) in [6, 6.07) is 7.26. The number of aromatic nitrogens is 2. The summed E-state index contributed by atoms with van der Waals surface area (Å²) >= 11 is 0. The number of benzene rings is 1. The number of nitriles is 1. The summed E-state index contributed by atoms with van der Waals surface area (Å²) in [7, 11) is 1.56. The van der Waals surface area contributed by atoms with E-state index in [2.05, 4.69) is 9.97 Å². The number of nitrogen functional groups attached to an aromatic ring is 2. The number of nitrogens with zero attached hydrogens (tertiary/aromatic N) is 3. The highest BCUT2D eigenvalue weighted by Gasteiger charge is 2.15. The van der Waals surface area contributed by atoms with E-state index in [1.54, 1.807) is 25.3 Å². The van der Waals surface area contributed by atoms with Gasteiger partial charge in [-0.1, -0.05) is 6.92 Å². The largest absolute Gasteiger partial charge is 0.493 e. The van der Waals surface area contributed by atoms with Gasteiger partial charge in [-0.25, -0.2) is 4.98 Å². The van der Waals surface area contributed by atoms with Crippen molar-refractivity contribution >= 4 is 11.8 Å². The Balaban J connectivity index is 2.56. The zero-order valence-electron chi connectivity index (χ0n) is 12.5. The quantitative estimate of drug-likeness (QED) is 0.865. The second kappa shape index (κ2) is 6.63. The van der Waals surface area contributed by atoms with Crippen LogP contribution in [0.4, 0.5) is 11.8 Å². The maximum Gasteiger partial charge on any atom is 0.222 e. The lowest BCUT2D eigenvalue weighted by Crippen LogP contribution is -2.05. The van der Waals surface area contributed by atoms with Gasteiger partial charge in [0.25, 0.3) is 0 Å². The van der Waals surface area contributed by atoms with Gasteiger partial charge in [-0.05, 0) is 24.6 Å². The van der Waals surface area contributed by atoms with Crippen LogP contribution >= 0.6 is 0 Å². The van der Waals surface area contributed by atoms with E-state index < -0.39 is 0 Å². The molecule has 0 atom stereocenters. The van der Waals surface area contributed by atoms with Gasteiger partial charge in [0.2, 0.25) is 5.95 Å². The van der Waals surface area contributed by atoms with Crippen LogP contribution in [-0.4, -0.2) is 23.7 Å². The molecule has 0 aliphatic carbocycles. The van der Waals surface area contributed by atoms with Crippen LogP contribution in [0.25, 0.3) is 11.3 Å². The Morgan fingerprint density at radius 3 is 2.64 bits per heavy atom. The van der Waals surface area contributed by atoms with Crippen molar-refractivity contribution in [2.24, 2.45) is 0 Å². The number of rotatable bonds is 5. The van der Waals surface area contributed by atoms with Gasteiger partial charge in [0.05, 0.1) is 19.4 Å². The molecule has 0 aliphatic heterocycles. The van der Waals surface area contributed by atoms with Crippen molar-refractivity contribution in [2.75, 3.05) is 25.2 Å². The Hall–Kier alpha value is -3.01. The highest BCUT2D eigenvalue weighted by Crippen LogP contribution is 2.34. The summed E-state index contributed by atoms with van der Waals surface area (Å²) in [6.07, 6.45) is 0.865. The van der Waals surface area contributed by atoms with Crippen molar-refractivity contribution < 1.29 is 9.47 Å². The molecule has 7 nitrogen and oxygen atoms in total. The highest BCUT2D eigenvalue weighted by molar-refractivity contribution is 5.74. The molecule has 0 aliphatic rings. The van der Waals surface area contributed by atoms with E-state index in [9.17, 15) is 5.26 Å². The average Bonchev–Trinajstić information content (AvgIpc) is 2.52. The molecule has 0 saturated carbocycles. The van der Waals surface area contributed by atoms with E-state index in [0.29, 0.717) is 29.4 Å². The fourth-order valence-corrected chi connectivity index (χ4v) is 1.96. The number of ether oxygens (including phenoxy) is 2. The maximum atomic E-state index is 9.26. The molecule has 4 N–H and O–H groups in total. The van der Waals surface area contributed by atoms with Crippen LogP contribution in [0, 0.1) is 11.3 Å². The lowest BCUT2D eigenvalue weighted by molar-refractivity contribution is 0.294. The summed E-state index contributed by atoms with van der Waals surface area (Å²) in [5.74, 6) is 1.24. The van der Waals surface area contributed by atoms with Gasteiger partial charge in [0.1, 0.15) is 17.5 Å². The average molecular weight is 299 g/mol. The normalized spacial score (nSPS) is 10.0. The number of hydrogen-bond acceptors (Lipinski definition) is 7. The molecule has 1 aromatic heterocycles. The third-order valence-electron chi connectivity index (χ3n) is 2.96. The maximum absolute atomic E-state index is 9.26. The molecule has 2 aromatic rings. The van der Waals surface area contributed by atoms with Gasteiger partial charge in [-0.2, -0.15) is 10.2 Å². The highest BCUT2D eigenvalue weighted by atomic mass is 16.5. The molecule has 0 radical (unpaired) electrons. The van der Waals surface area contributed by atoms with Gasteiger partial charge in [-0.3, -0.25) is 0 Å². The van der Waals surface area contributed by atoms with E-state index in [-0.39, 0.29) is 17.3 Å². The minimum absolute atomic E-state index is 0.0124. The zero-order valence-corrected chi connectivity index (χ0v) is 12.5. The van der Waals surface area contributed by atoms with Crippen molar-refractivity contribution in [3.8, 4) is 28.8 Å². The van der Waals surface area contributed by atoms with E-state index in [4.69, 9.17) is 20.9 Å². The molecule has 0 bridgehead atoms. The van der Waals surface area contributed by atoms with E-state index >= 15 is 0 Å². The van der Waals surface area contributed by atoms with Crippen LogP contribution in [0.2, 0.25) is 0 Å². The summed E-state index contributed by atoms with van der Waals surface area (Å²) in [5.41, 5.74) is 12.6. The number of anilines is 2. The molecule has 0 fully saturated rings. The molecule has 1 aromatic carbocycles. The Bertz CT molecular complexity index is 725. The Labute approximate surface area is 128 Å². The monoisotopic (exact) mass is 299 g/mol. The smallest absolute Gasteiger partial charge is 0.222 e. The predicted octanol–water partition coefficient (Wildman–Crippen LogP) is 1.98. The Morgan fingerprint density at radius 1 is 1.23 bits per heavy atom. The molecule has 7 heteroatoms. The lowest BCUT2D eigenvalue weighted by atomic mass is 10.1. The molecule has 0 saturated heterocycles. The minimum atomic E-state index is 0.0124. The minimum Gasteiger partial charge on any atom is -0.493 e. The van der Waals surface area contributed by atoms with Gasteiger partial charge in [-0.15, -0.1) is 0 Å². The second-order valence-electron chi connectivity index (χ2n) is 4.52. The van der Waals surface area contributed by atoms with Crippen LogP contribution in [0.15, 0.2) is 18.2 Å². The Kier molecular flexibility index (Phi) is 4.63. The first kappa shape index (κ1) is 15.4. The topological polar surface area (TPSA) is 120 Å². The first-order valence-electron chi connectivity index (χ1n) is 6.75. The van der Waals surface area contributed by atoms with Crippen LogP contribution in [0.3, 0.4) is 0 Å². The third kappa shape index (κ3) is 3.01. The van der Waals surface area contributed by atoms with Crippen molar-refractivity contribution in [3.05, 3.63) is 23.8 Å². The van der Waals surface area contributed by atoms with Gasteiger partial charge in [0.15, 0.2) is 11.5 Å². The van der Waals surface area contributed by atoms with E-state index in [1.807, 2.05) is 13.0 Å². The molecule has 22 heavy (non-hydrogen) atoms. The van der Waals surface area contributed by atoms with Crippen molar-refractivity contribution in [1.29, 1.82) is 5.26 Å². The predicted molar refractivity (Wildman–Crippen MR) is 83.3 cm³/mol. The summed E-state index contributed by atoms with van der Waals surface area (Å²) < 4.78 is 10.9. The Morgan fingerprint density at radius 2 is 2.00 bits per heavy atom. The van der Waals surface area contributed by atoms with E-state index in [0.717, 1.165) is 6.42 Å². The first-order chi connectivity index (χ1) is 10.6. The second-order valence-corrected chi connectivity index (χ2v) is 4.52. The SMILES string of the molecule is CCCOc1cc(-c2nc(N)nc(N)c2C#N)ccc1OC. The molecule has 0 unspecified atom stereocenters. The van der Waals surface area contributed by atoms with Crippen LogP contribution in [-0.2, 0) is 0 Å². The molecule has 1 heterocycles. The summed E-state index contributed by atoms with van der Waals surface area (Å²) in [6.45, 7) is 2.56. The molecular weight excluding hydrogens is 282 g/mol. The van der Waals surface area contributed by atoms with Crippen LogP contribution in [0.5, 0.6) is 11.5 Å². The van der Waals surface area contributed by atoms with Crippen LogP contribution < -0.4 is 20.9 Å². The molecule has 0 spiro atoms. The number of methoxy groups -OCH3 is 1. The lowest BCUT2D eigenvalue weighted by Gasteiger charge is -2.12. The summed E-state index contributed by atoms with van der Waals surface area (Å²) in [5, 5.41) is 9.26. The van der Waals surface area contributed by atoms with Gasteiger partial charge >= 0.3 is 0 Å². The van der Waals surface area contributed by atoms with Crippen LogP contribution in [0.1, 0.15) is 18.9 Å². The number of nitrogens with two attached hydrogens (primary N) is 2. The van der Waals surface area contributed by atoms with Gasteiger partial charge < -0.3 is 20.9 Å². The molecular formula is C15H17N5O2. The van der Waals surface area contributed by atoms with Crippen molar-refractivity contribution in [1.82, 2.24) is 9.97 Å². The van der Waals surface area contributed by atoms with Crippen molar-refractivity contribution in [3.63, 3.8) is 0 Å². The fraction of sp³-hybridized carbons (Fsp3) is 0.267. The first-order valence-corrected chi connectivity index (χ1v) is 6.75. The zero-order chi connectivity index (χ0) is 16.1.